The number of hydrogen-bond acceptors (Lipinski definition) is 4. The summed E-state index contributed by atoms with van der Waals surface area (Å²) in [6, 6.07) is 9.98. The summed E-state index contributed by atoms with van der Waals surface area (Å²) < 4.78 is 7.53. The molecule has 128 valence electrons. The Morgan fingerprint density at radius 3 is 2.32 bits per heavy atom. The SMILES string of the molecule is Cc1ccc(Cn2ccc(N3C(=O)[C@@H]4[C@@H](C3=O)[C@@H]3CC[C@@H]4O3)n2)cc1. The molecule has 1 aromatic carbocycles. The minimum atomic E-state index is -0.312. The molecule has 4 atom stereocenters. The van der Waals surface area contributed by atoms with Crippen molar-refractivity contribution in [2.45, 2.75) is 38.5 Å². The van der Waals surface area contributed by atoms with Crippen molar-refractivity contribution in [3.05, 3.63) is 47.7 Å². The van der Waals surface area contributed by atoms with Crippen LogP contribution in [0.2, 0.25) is 0 Å². The third kappa shape index (κ3) is 2.17. The largest absolute Gasteiger partial charge is 0.373 e. The van der Waals surface area contributed by atoms with Crippen molar-refractivity contribution in [3.63, 3.8) is 0 Å². The van der Waals surface area contributed by atoms with Crippen LogP contribution in [0.5, 0.6) is 0 Å². The van der Waals surface area contributed by atoms with E-state index in [1.807, 2.05) is 13.1 Å². The Labute approximate surface area is 145 Å². The summed E-state index contributed by atoms with van der Waals surface area (Å²) in [6.45, 7) is 2.66. The summed E-state index contributed by atoms with van der Waals surface area (Å²) in [4.78, 5) is 26.8. The molecule has 0 saturated carbocycles. The summed E-state index contributed by atoms with van der Waals surface area (Å²) in [5.74, 6) is -0.497. The van der Waals surface area contributed by atoms with E-state index in [0.29, 0.717) is 12.4 Å². The van der Waals surface area contributed by atoms with Crippen LogP contribution in [0, 0.1) is 18.8 Å². The summed E-state index contributed by atoms with van der Waals surface area (Å²) in [5.41, 5.74) is 2.34. The first-order valence-corrected chi connectivity index (χ1v) is 8.74. The van der Waals surface area contributed by atoms with Crippen LogP contribution in [-0.4, -0.2) is 33.8 Å². The van der Waals surface area contributed by atoms with Crippen LogP contribution in [0.1, 0.15) is 24.0 Å². The number of imide groups is 1. The Morgan fingerprint density at radius 2 is 1.68 bits per heavy atom. The zero-order valence-electron chi connectivity index (χ0n) is 14.0. The Balaban J connectivity index is 1.39. The van der Waals surface area contributed by atoms with E-state index in [4.69, 9.17) is 4.74 Å². The number of carbonyl (C=O) groups excluding carboxylic acids is 2. The van der Waals surface area contributed by atoms with Crippen molar-refractivity contribution in [2.24, 2.45) is 11.8 Å². The van der Waals surface area contributed by atoms with Crippen molar-refractivity contribution in [1.29, 1.82) is 0 Å². The van der Waals surface area contributed by atoms with Gasteiger partial charge in [-0.25, -0.2) is 4.90 Å². The number of anilines is 1. The van der Waals surface area contributed by atoms with Gasteiger partial charge >= 0.3 is 0 Å². The number of carbonyl (C=O) groups is 2. The highest BCUT2D eigenvalue weighted by Crippen LogP contribution is 2.49. The zero-order chi connectivity index (χ0) is 17.1. The van der Waals surface area contributed by atoms with Crippen LogP contribution in [0.3, 0.4) is 0 Å². The molecule has 2 aromatic rings. The lowest BCUT2D eigenvalue weighted by Crippen LogP contribution is -2.34. The van der Waals surface area contributed by atoms with Gasteiger partial charge in [-0.15, -0.1) is 0 Å². The van der Waals surface area contributed by atoms with E-state index in [-0.39, 0.29) is 35.9 Å². The van der Waals surface area contributed by atoms with Crippen LogP contribution < -0.4 is 4.90 Å². The van der Waals surface area contributed by atoms with Gasteiger partial charge in [-0.2, -0.15) is 5.10 Å². The van der Waals surface area contributed by atoms with E-state index in [2.05, 4.69) is 29.4 Å². The Kier molecular flexibility index (Phi) is 3.12. The van der Waals surface area contributed by atoms with Crippen molar-refractivity contribution in [3.8, 4) is 0 Å². The lowest BCUT2D eigenvalue weighted by Gasteiger charge is -2.15. The molecular formula is C19H19N3O3. The predicted molar refractivity (Wildman–Crippen MR) is 89.9 cm³/mol. The molecule has 0 unspecified atom stereocenters. The fourth-order valence-corrected chi connectivity index (χ4v) is 4.38. The maximum atomic E-state index is 12.8. The molecule has 6 nitrogen and oxygen atoms in total. The van der Waals surface area contributed by atoms with Gasteiger partial charge in [0.15, 0.2) is 5.82 Å². The number of aryl methyl sites for hydroxylation is 1. The van der Waals surface area contributed by atoms with Crippen LogP contribution in [0.25, 0.3) is 0 Å². The van der Waals surface area contributed by atoms with Gasteiger partial charge in [0, 0.05) is 12.3 Å². The third-order valence-electron chi connectivity index (χ3n) is 5.61. The van der Waals surface area contributed by atoms with Crippen molar-refractivity contribution < 1.29 is 14.3 Å². The lowest BCUT2D eigenvalue weighted by molar-refractivity contribution is -0.124. The average Bonchev–Trinajstić information content (AvgIpc) is 3.35. The summed E-state index contributed by atoms with van der Waals surface area (Å²) in [6.07, 6.45) is 3.38. The molecule has 5 rings (SSSR count). The summed E-state index contributed by atoms with van der Waals surface area (Å²) in [7, 11) is 0. The van der Waals surface area contributed by atoms with Gasteiger partial charge in [-0.05, 0) is 25.3 Å². The van der Waals surface area contributed by atoms with Crippen LogP contribution >= 0.6 is 0 Å². The first kappa shape index (κ1) is 14.8. The second-order valence-electron chi connectivity index (χ2n) is 7.21. The molecule has 0 aliphatic carbocycles. The van der Waals surface area contributed by atoms with E-state index >= 15 is 0 Å². The maximum absolute atomic E-state index is 12.8. The fourth-order valence-electron chi connectivity index (χ4n) is 4.38. The molecule has 3 aliphatic rings. The minimum absolute atomic E-state index is 0.0916. The van der Waals surface area contributed by atoms with Gasteiger partial charge in [0.1, 0.15) is 0 Å². The third-order valence-corrected chi connectivity index (χ3v) is 5.61. The van der Waals surface area contributed by atoms with Crippen molar-refractivity contribution in [1.82, 2.24) is 9.78 Å². The van der Waals surface area contributed by atoms with E-state index < -0.39 is 0 Å². The molecule has 3 fully saturated rings. The van der Waals surface area contributed by atoms with E-state index in [1.54, 1.807) is 10.7 Å². The smallest absolute Gasteiger partial charge is 0.241 e. The van der Waals surface area contributed by atoms with Gasteiger partial charge in [-0.1, -0.05) is 29.8 Å². The second-order valence-corrected chi connectivity index (χ2v) is 7.21. The monoisotopic (exact) mass is 337 g/mol. The highest BCUT2D eigenvalue weighted by Gasteiger charge is 2.63. The molecule has 6 heteroatoms. The lowest BCUT2D eigenvalue weighted by atomic mass is 9.81. The van der Waals surface area contributed by atoms with Gasteiger partial charge < -0.3 is 4.74 Å². The molecule has 3 saturated heterocycles. The van der Waals surface area contributed by atoms with Crippen LogP contribution in [0.4, 0.5) is 5.82 Å². The molecule has 0 N–H and O–H groups in total. The summed E-state index contributed by atoms with van der Waals surface area (Å²) >= 11 is 0. The number of ether oxygens (including phenoxy) is 1. The van der Waals surface area contributed by atoms with Gasteiger partial charge in [0.05, 0.1) is 30.6 Å². The molecule has 2 amide bonds. The first-order chi connectivity index (χ1) is 12.1. The average molecular weight is 337 g/mol. The number of aromatic nitrogens is 2. The van der Waals surface area contributed by atoms with Gasteiger partial charge in [0.25, 0.3) is 0 Å². The number of hydrogen-bond donors (Lipinski definition) is 0. The van der Waals surface area contributed by atoms with E-state index in [0.717, 1.165) is 18.4 Å². The van der Waals surface area contributed by atoms with Crippen molar-refractivity contribution >= 4 is 17.6 Å². The number of rotatable bonds is 3. The Hall–Kier alpha value is -2.47. The number of benzene rings is 1. The molecule has 0 radical (unpaired) electrons. The Bertz CT molecular complexity index is 829. The number of amides is 2. The summed E-state index contributed by atoms with van der Waals surface area (Å²) in [5, 5.41) is 4.47. The molecular weight excluding hydrogens is 318 g/mol. The quantitative estimate of drug-likeness (QED) is 0.803. The second kappa shape index (κ2) is 5.26. The fraction of sp³-hybridized carbons (Fsp3) is 0.421. The zero-order valence-corrected chi connectivity index (χ0v) is 14.0. The highest BCUT2D eigenvalue weighted by molar-refractivity contribution is 6.22. The molecule has 3 aliphatic heterocycles. The van der Waals surface area contributed by atoms with Crippen LogP contribution in [-0.2, 0) is 20.9 Å². The first-order valence-electron chi connectivity index (χ1n) is 8.74. The van der Waals surface area contributed by atoms with Gasteiger partial charge in [-0.3, -0.25) is 14.3 Å². The van der Waals surface area contributed by atoms with Crippen LogP contribution in [0.15, 0.2) is 36.5 Å². The topological polar surface area (TPSA) is 64.4 Å². The minimum Gasteiger partial charge on any atom is -0.373 e. The molecule has 1 aromatic heterocycles. The van der Waals surface area contributed by atoms with E-state index in [9.17, 15) is 9.59 Å². The normalized spacial score (nSPS) is 30.4. The molecule has 2 bridgehead atoms. The maximum Gasteiger partial charge on any atom is 0.241 e. The Morgan fingerprint density at radius 1 is 1.04 bits per heavy atom. The predicted octanol–water partition coefficient (Wildman–Crippen LogP) is 1.91. The van der Waals surface area contributed by atoms with E-state index in [1.165, 1.54) is 10.5 Å². The molecule has 25 heavy (non-hydrogen) atoms. The van der Waals surface area contributed by atoms with Gasteiger partial charge in [0.2, 0.25) is 11.8 Å². The highest BCUT2D eigenvalue weighted by atomic mass is 16.5. The van der Waals surface area contributed by atoms with Crippen molar-refractivity contribution in [2.75, 3.05) is 4.90 Å². The standard InChI is InChI=1S/C19H19N3O3/c1-11-2-4-12(5-3-11)10-21-9-8-15(20-21)22-18(23)16-13-6-7-14(25-13)17(16)19(22)24/h2-5,8-9,13-14,16-17H,6-7,10H2,1H3/t13-,14-,16-,17-/m0/s1. The number of nitrogens with zero attached hydrogens (tertiary/aromatic N) is 3. The molecule has 4 heterocycles. The number of fused-ring (bicyclic) bond motifs is 5. The molecule has 0 spiro atoms.